The lowest BCUT2D eigenvalue weighted by Gasteiger charge is -2.30. The summed E-state index contributed by atoms with van der Waals surface area (Å²) < 4.78 is 27.6. The Kier molecular flexibility index (Phi) is 15.4. The molecule has 0 aliphatic rings. The van der Waals surface area contributed by atoms with E-state index in [1.807, 2.05) is 57.2 Å². The summed E-state index contributed by atoms with van der Waals surface area (Å²) in [7, 11) is -1.23. The molecule has 0 saturated heterocycles. The Hall–Kier alpha value is -4.10. The molecule has 266 valence electrons. The first-order chi connectivity index (χ1) is 23.4. The van der Waals surface area contributed by atoms with Crippen LogP contribution in [-0.2, 0) is 16.4 Å². The third-order valence-corrected chi connectivity index (χ3v) is 9.83. The molecule has 0 heterocycles. The van der Waals surface area contributed by atoms with E-state index in [0.717, 1.165) is 35.6 Å². The zero-order valence-corrected chi connectivity index (χ0v) is 30.1. The number of hydrogen-bond donors (Lipinski definition) is 3. The standard InChI is InChI=1S/C37H51N5O6S/c1-6-9-22-42(39-36(45)29-18-14-11-15-19-29)27-34(43)33(23-28-16-12-10-13-17-28)38-35(44)30-24-31(37(46)41(20-7-2)21-8-3)26-32(25-30)49(47,48)40(4)5/h10-19,24-26,33-34,43H,6-9,20-23,27H2,1-5H3,(H,38,44)(H,39,45). The zero-order chi connectivity index (χ0) is 36.0. The highest BCUT2D eigenvalue weighted by Crippen LogP contribution is 2.21. The molecular weight excluding hydrogens is 643 g/mol. The maximum absolute atomic E-state index is 14.0. The van der Waals surface area contributed by atoms with Crippen LogP contribution in [0.3, 0.4) is 0 Å². The van der Waals surface area contributed by atoms with Crippen LogP contribution in [0.4, 0.5) is 0 Å². The third kappa shape index (κ3) is 11.5. The molecule has 12 heteroatoms. The monoisotopic (exact) mass is 693 g/mol. The van der Waals surface area contributed by atoms with Crippen LogP contribution in [0.1, 0.15) is 83.1 Å². The fourth-order valence-corrected chi connectivity index (χ4v) is 6.32. The number of unbranched alkanes of at least 4 members (excludes halogenated alkanes) is 1. The van der Waals surface area contributed by atoms with Crippen molar-refractivity contribution in [2.45, 2.75) is 69.9 Å². The number of carbonyl (C=O) groups excluding carboxylic acids is 3. The van der Waals surface area contributed by atoms with Gasteiger partial charge < -0.3 is 15.3 Å². The van der Waals surface area contributed by atoms with Gasteiger partial charge in [-0.3, -0.25) is 19.8 Å². The van der Waals surface area contributed by atoms with Gasteiger partial charge in [0.05, 0.1) is 17.0 Å². The second-order valence-corrected chi connectivity index (χ2v) is 14.4. The minimum atomic E-state index is -4.01. The van der Waals surface area contributed by atoms with Crippen LogP contribution in [0.2, 0.25) is 0 Å². The van der Waals surface area contributed by atoms with E-state index in [1.165, 1.54) is 32.3 Å². The van der Waals surface area contributed by atoms with Crippen molar-refractivity contribution in [2.75, 3.05) is 40.3 Å². The Balaban J connectivity index is 1.98. The molecule has 3 rings (SSSR count). The molecule has 3 aromatic carbocycles. The number of sulfonamides is 1. The van der Waals surface area contributed by atoms with Crippen molar-refractivity contribution in [1.29, 1.82) is 0 Å². The minimum absolute atomic E-state index is 0.0120. The zero-order valence-electron chi connectivity index (χ0n) is 29.3. The molecule has 3 aromatic rings. The van der Waals surface area contributed by atoms with Gasteiger partial charge in [-0.15, -0.1) is 0 Å². The second kappa shape index (κ2) is 19.2. The Morgan fingerprint density at radius 3 is 1.92 bits per heavy atom. The predicted octanol–water partition coefficient (Wildman–Crippen LogP) is 4.35. The van der Waals surface area contributed by atoms with Crippen molar-refractivity contribution in [3.63, 3.8) is 0 Å². The quantitative estimate of drug-likeness (QED) is 0.159. The van der Waals surface area contributed by atoms with Gasteiger partial charge in [-0.25, -0.2) is 17.7 Å². The van der Waals surface area contributed by atoms with Gasteiger partial charge in [-0.05, 0) is 61.6 Å². The van der Waals surface area contributed by atoms with Crippen LogP contribution < -0.4 is 10.7 Å². The van der Waals surface area contributed by atoms with E-state index in [0.29, 0.717) is 25.2 Å². The van der Waals surface area contributed by atoms with Crippen molar-refractivity contribution >= 4 is 27.7 Å². The number of nitrogens with zero attached hydrogens (tertiary/aromatic N) is 3. The summed E-state index contributed by atoms with van der Waals surface area (Å²) in [6.45, 7) is 7.39. The van der Waals surface area contributed by atoms with Gasteiger partial charge in [0.2, 0.25) is 10.0 Å². The molecule has 0 aliphatic carbocycles. The molecule has 0 aliphatic heterocycles. The molecule has 0 fully saturated rings. The lowest BCUT2D eigenvalue weighted by atomic mass is 10.00. The third-order valence-electron chi connectivity index (χ3n) is 8.03. The van der Waals surface area contributed by atoms with E-state index >= 15 is 0 Å². The second-order valence-electron chi connectivity index (χ2n) is 12.3. The highest BCUT2D eigenvalue weighted by Gasteiger charge is 2.28. The number of hydrogen-bond acceptors (Lipinski definition) is 7. The van der Waals surface area contributed by atoms with E-state index in [1.54, 1.807) is 34.2 Å². The molecular formula is C37H51N5O6S. The van der Waals surface area contributed by atoms with E-state index in [2.05, 4.69) is 10.7 Å². The van der Waals surface area contributed by atoms with Crippen LogP contribution in [-0.4, -0.2) is 97.9 Å². The number of nitrogens with one attached hydrogen (secondary N) is 2. The molecule has 2 unspecified atom stereocenters. The summed E-state index contributed by atoms with van der Waals surface area (Å²) in [6, 6.07) is 21.3. The summed E-state index contributed by atoms with van der Waals surface area (Å²) in [5.41, 5.74) is 4.29. The summed E-state index contributed by atoms with van der Waals surface area (Å²) in [4.78, 5) is 42.1. The number of aliphatic hydroxyl groups is 1. The molecule has 0 bridgehead atoms. The predicted molar refractivity (Wildman–Crippen MR) is 192 cm³/mol. The molecule has 11 nitrogen and oxygen atoms in total. The van der Waals surface area contributed by atoms with E-state index < -0.39 is 28.1 Å². The van der Waals surface area contributed by atoms with Gasteiger partial charge in [-0.2, -0.15) is 0 Å². The maximum Gasteiger partial charge on any atom is 0.265 e. The van der Waals surface area contributed by atoms with Crippen LogP contribution in [0.5, 0.6) is 0 Å². The van der Waals surface area contributed by atoms with Crippen LogP contribution in [0.25, 0.3) is 0 Å². The Bertz CT molecular complexity index is 1610. The number of benzene rings is 3. The topological polar surface area (TPSA) is 139 Å². The molecule has 0 radical (unpaired) electrons. The highest BCUT2D eigenvalue weighted by atomic mass is 32.2. The minimum Gasteiger partial charge on any atom is -0.390 e. The number of amides is 3. The lowest BCUT2D eigenvalue weighted by Crippen LogP contribution is -2.53. The summed E-state index contributed by atoms with van der Waals surface area (Å²) in [6.07, 6.45) is 2.17. The molecule has 0 spiro atoms. The average molecular weight is 694 g/mol. The van der Waals surface area contributed by atoms with Gasteiger partial charge in [-0.1, -0.05) is 75.7 Å². The Morgan fingerprint density at radius 2 is 1.35 bits per heavy atom. The van der Waals surface area contributed by atoms with Crippen molar-refractivity contribution < 1.29 is 27.9 Å². The summed E-state index contributed by atoms with van der Waals surface area (Å²) in [5.74, 6) is -1.32. The van der Waals surface area contributed by atoms with E-state index in [9.17, 15) is 27.9 Å². The molecule has 0 saturated carbocycles. The molecule has 2 atom stereocenters. The molecule has 49 heavy (non-hydrogen) atoms. The maximum atomic E-state index is 14.0. The molecule has 0 aromatic heterocycles. The van der Waals surface area contributed by atoms with Crippen LogP contribution >= 0.6 is 0 Å². The SMILES string of the molecule is CCCCN(CC(O)C(Cc1ccccc1)NC(=O)c1cc(C(=O)N(CCC)CCC)cc(S(=O)(=O)N(C)C)c1)NC(=O)c1ccccc1. The Labute approximate surface area is 291 Å². The Morgan fingerprint density at radius 1 is 0.755 bits per heavy atom. The van der Waals surface area contributed by atoms with Gasteiger partial charge in [0.15, 0.2) is 0 Å². The van der Waals surface area contributed by atoms with E-state index in [4.69, 9.17) is 0 Å². The number of aliphatic hydroxyl groups excluding tert-OH is 1. The highest BCUT2D eigenvalue weighted by molar-refractivity contribution is 7.89. The largest absolute Gasteiger partial charge is 0.390 e. The normalized spacial score (nSPS) is 12.8. The summed E-state index contributed by atoms with van der Waals surface area (Å²) in [5, 5.41) is 16.2. The number of rotatable bonds is 19. The fourth-order valence-electron chi connectivity index (χ4n) is 5.35. The number of carbonyl (C=O) groups is 3. The van der Waals surface area contributed by atoms with Crippen molar-refractivity contribution in [1.82, 2.24) is 25.0 Å². The number of hydrazine groups is 1. The van der Waals surface area contributed by atoms with Crippen molar-refractivity contribution in [3.05, 3.63) is 101 Å². The first-order valence-corrected chi connectivity index (χ1v) is 18.4. The first kappa shape index (κ1) is 39.3. The molecule has 3 N–H and O–H groups in total. The lowest BCUT2D eigenvalue weighted by molar-refractivity contribution is 0.0446. The molecule has 3 amide bonds. The van der Waals surface area contributed by atoms with Gasteiger partial charge in [0, 0.05) is 57.0 Å². The van der Waals surface area contributed by atoms with Crippen LogP contribution in [0.15, 0.2) is 83.8 Å². The van der Waals surface area contributed by atoms with E-state index in [-0.39, 0.29) is 40.8 Å². The van der Waals surface area contributed by atoms with Gasteiger partial charge in [0.1, 0.15) is 0 Å². The van der Waals surface area contributed by atoms with Crippen LogP contribution in [0, 0.1) is 0 Å². The van der Waals surface area contributed by atoms with Gasteiger partial charge in [0.25, 0.3) is 17.7 Å². The first-order valence-electron chi connectivity index (χ1n) is 16.9. The summed E-state index contributed by atoms with van der Waals surface area (Å²) >= 11 is 0. The van der Waals surface area contributed by atoms with Crippen molar-refractivity contribution in [3.8, 4) is 0 Å². The van der Waals surface area contributed by atoms with Gasteiger partial charge >= 0.3 is 0 Å². The average Bonchev–Trinajstić information content (AvgIpc) is 3.10. The smallest absolute Gasteiger partial charge is 0.265 e. The fraction of sp³-hybridized carbons (Fsp3) is 0.432. The van der Waals surface area contributed by atoms with Crippen molar-refractivity contribution in [2.24, 2.45) is 0 Å².